The smallest absolute Gasteiger partial charge is 0.274 e. The number of rotatable bonds is 3. The number of fused-ring (bicyclic) bond motifs is 3. The predicted octanol–water partition coefficient (Wildman–Crippen LogP) is 3.19. The van der Waals surface area contributed by atoms with Crippen LogP contribution in [0.4, 0.5) is 5.69 Å². The Kier molecular flexibility index (Phi) is 3.86. The van der Waals surface area contributed by atoms with E-state index in [2.05, 4.69) is 34.1 Å². The van der Waals surface area contributed by atoms with Crippen LogP contribution in [0.1, 0.15) is 5.56 Å². The van der Waals surface area contributed by atoms with Crippen LogP contribution < -0.4 is 15.0 Å². The first-order valence-electron chi connectivity index (χ1n) is 7.99. The number of thiazole rings is 1. The number of hydrogen-bond donors (Lipinski definition) is 0. The molecule has 0 N–H and O–H groups in total. The molecule has 4 rings (SSSR count). The first-order chi connectivity index (χ1) is 12.1. The summed E-state index contributed by atoms with van der Waals surface area (Å²) in [6, 6.07) is 16.0. The second-order valence-electron chi connectivity index (χ2n) is 6.00. The first-order valence-corrected chi connectivity index (χ1v) is 8.81. The predicted molar refractivity (Wildman–Crippen MR) is 106 cm³/mol. The van der Waals surface area contributed by atoms with Gasteiger partial charge in [-0.25, -0.2) is 9.38 Å². The number of benzene rings is 2. The third-order valence-electron chi connectivity index (χ3n) is 4.09. The summed E-state index contributed by atoms with van der Waals surface area (Å²) in [5, 5.41) is 0. The van der Waals surface area contributed by atoms with Gasteiger partial charge in [0, 0.05) is 19.8 Å². The zero-order valence-corrected chi connectivity index (χ0v) is 14.8. The minimum Gasteiger partial charge on any atom is -0.378 e. The first kappa shape index (κ1) is 15.6. The highest BCUT2D eigenvalue weighted by atomic mass is 32.1. The van der Waals surface area contributed by atoms with Crippen molar-refractivity contribution in [3.8, 4) is 0 Å². The Morgan fingerprint density at radius 3 is 2.60 bits per heavy atom. The number of para-hydroxylation sites is 2. The van der Waals surface area contributed by atoms with Gasteiger partial charge < -0.3 is 4.90 Å². The summed E-state index contributed by atoms with van der Waals surface area (Å²) in [4.78, 5) is 20.0. The molecule has 5 heteroatoms. The molecule has 25 heavy (non-hydrogen) atoms. The van der Waals surface area contributed by atoms with Crippen molar-refractivity contribution in [1.29, 1.82) is 0 Å². The molecule has 0 spiro atoms. The lowest BCUT2D eigenvalue weighted by molar-refractivity contribution is 1.13. The van der Waals surface area contributed by atoms with Gasteiger partial charge in [-0.15, -0.1) is 0 Å². The lowest BCUT2D eigenvalue weighted by Gasteiger charge is -2.11. The molecule has 0 radical (unpaired) electrons. The molecule has 2 aromatic carbocycles. The van der Waals surface area contributed by atoms with Gasteiger partial charge in [-0.3, -0.25) is 4.79 Å². The standard InChI is InChI=1S/C20H17N3OS/c1-22(2)15-12-10-14(11-13-15)6-5-9-18-19(24)23-17-8-4-3-7-16(17)21-20(23)25-18/h3-13H,1-2H3/b6-5+,18-9?. The van der Waals surface area contributed by atoms with E-state index >= 15 is 0 Å². The zero-order valence-electron chi connectivity index (χ0n) is 14.0. The summed E-state index contributed by atoms with van der Waals surface area (Å²) in [7, 11) is 4.04. The Hall–Kier alpha value is -2.92. The monoisotopic (exact) mass is 347 g/mol. The lowest BCUT2D eigenvalue weighted by atomic mass is 10.2. The summed E-state index contributed by atoms with van der Waals surface area (Å²) in [5.74, 6) is 0. The fourth-order valence-corrected chi connectivity index (χ4v) is 3.69. The number of anilines is 1. The molecular weight excluding hydrogens is 330 g/mol. The maximum absolute atomic E-state index is 12.6. The lowest BCUT2D eigenvalue weighted by Crippen LogP contribution is -2.22. The van der Waals surface area contributed by atoms with Crippen LogP contribution in [0.5, 0.6) is 0 Å². The maximum atomic E-state index is 12.6. The second-order valence-corrected chi connectivity index (χ2v) is 7.01. The van der Waals surface area contributed by atoms with Crippen molar-refractivity contribution in [3.63, 3.8) is 0 Å². The molecule has 0 saturated heterocycles. The summed E-state index contributed by atoms with van der Waals surface area (Å²) in [5.41, 5.74) is 3.97. The topological polar surface area (TPSA) is 37.6 Å². The molecule has 0 aliphatic carbocycles. The van der Waals surface area contributed by atoms with Crippen molar-refractivity contribution in [2.75, 3.05) is 19.0 Å². The van der Waals surface area contributed by atoms with E-state index in [1.54, 1.807) is 4.40 Å². The van der Waals surface area contributed by atoms with Gasteiger partial charge in [0.1, 0.15) is 0 Å². The molecule has 0 atom stereocenters. The molecule has 124 valence electrons. The summed E-state index contributed by atoms with van der Waals surface area (Å²) < 4.78 is 2.38. The molecule has 0 aliphatic heterocycles. The van der Waals surface area contributed by atoms with Crippen molar-refractivity contribution in [2.24, 2.45) is 0 Å². The number of allylic oxidation sites excluding steroid dienone is 1. The molecular formula is C20H17N3OS. The molecule has 0 bridgehead atoms. The molecule has 0 amide bonds. The van der Waals surface area contributed by atoms with Gasteiger partial charge >= 0.3 is 0 Å². The maximum Gasteiger partial charge on any atom is 0.274 e. The van der Waals surface area contributed by atoms with Crippen molar-refractivity contribution in [1.82, 2.24) is 9.38 Å². The van der Waals surface area contributed by atoms with Crippen LogP contribution in [0.2, 0.25) is 0 Å². The average molecular weight is 347 g/mol. The fourth-order valence-electron chi connectivity index (χ4n) is 2.76. The Bertz CT molecular complexity index is 1180. The molecule has 0 aliphatic rings. The molecule has 0 unspecified atom stereocenters. The van der Waals surface area contributed by atoms with Gasteiger partial charge in [0.05, 0.1) is 15.6 Å². The number of aromatic nitrogens is 2. The van der Waals surface area contributed by atoms with Crippen LogP contribution in [-0.4, -0.2) is 23.5 Å². The normalized spacial score (nSPS) is 12.6. The minimum atomic E-state index is -0.0127. The van der Waals surface area contributed by atoms with Gasteiger partial charge in [0.25, 0.3) is 5.56 Å². The highest BCUT2D eigenvalue weighted by molar-refractivity contribution is 7.15. The van der Waals surface area contributed by atoms with E-state index in [4.69, 9.17) is 0 Å². The molecule has 2 heterocycles. The Morgan fingerprint density at radius 1 is 1.08 bits per heavy atom. The van der Waals surface area contributed by atoms with Crippen LogP contribution in [0, 0.1) is 0 Å². The second kappa shape index (κ2) is 6.18. The average Bonchev–Trinajstić information content (AvgIpc) is 3.12. The number of hydrogen-bond acceptors (Lipinski definition) is 4. The SMILES string of the molecule is CN(C)c1ccc(/C=C/C=c2sc3nc4ccccc4n3c2=O)cc1. The van der Waals surface area contributed by atoms with Crippen molar-refractivity contribution in [2.45, 2.75) is 0 Å². The van der Waals surface area contributed by atoms with Crippen molar-refractivity contribution < 1.29 is 0 Å². The van der Waals surface area contributed by atoms with Crippen molar-refractivity contribution >= 4 is 45.2 Å². The summed E-state index contributed by atoms with van der Waals surface area (Å²) in [6.45, 7) is 0. The molecule has 0 fully saturated rings. The van der Waals surface area contributed by atoms with E-state index in [1.807, 2.05) is 56.6 Å². The quantitative estimate of drug-likeness (QED) is 0.571. The van der Waals surface area contributed by atoms with Gasteiger partial charge in [0.15, 0.2) is 4.96 Å². The van der Waals surface area contributed by atoms with Crippen LogP contribution >= 0.6 is 11.3 Å². The van der Waals surface area contributed by atoms with Gasteiger partial charge in [-0.2, -0.15) is 0 Å². The highest BCUT2D eigenvalue weighted by Gasteiger charge is 2.09. The van der Waals surface area contributed by atoms with E-state index in [9.17, 15) is 4.79 Å². The molecule has 4 aromatic rings. The fraction of sp³-hybridized carbons (Fsp3) is 0.100. The summed E-state index contributed by atoms with van der Waals surface area (Å²) in [6.07, 6.45) is 5.77. The van der Waals surface area contributed by atoms with Crippen LogP contribution in [0.25, 0.3) is 28.1 Å². The molecule has 0 saturated carbocycles. The van der Waals surface area contributed by atoms with Gasteiger partial charge in [-0.1, -0.05) is 47.8 Å². The zero-order chi connectivity index (χ0) is 17.4. The van der Waals surface area contributed by atoms with Gasteiger partial charge in [0.2, 0.25) is 0 Å². The molecule has 4 nitrogen and oxygen atoms in total. The third-order valence-corrected chi connectivity index (χ3v) is 5.08. The highest BCUT2D eigenvalue weighted by Crippen LogP contribution is 2.16. The Labute approximate surface area is 149 Å². The molecule has 2 aromatic heterocycles. The van der Waals surface area contributed by atoms with E-state index in [1.165, 1.54) is 11.3 Å². The van der Waals surface area contributed by atoms with Gasteiger partial charge in [-0.05, 0) is 35.9 Å². The van der Waals surface area contributed by atoms with Crippen LogP contribution in [-0.2, 0) is 0 Å². The minimum absolute atomic E-state index is 0.0127. The summed E-state index contributed by atoms with van der Waals surface area (Å²) >= 11 is 1.42. The Morgan fingerprint density at radius 2 is 1.84 bits per heavy atom. The largest absolute Gasteiger partial charge is 0.378 e. The van der Waals surface area contributed by atoms with E-state index < -0.39 is 0 Å². The van der Waals surface area contributed by atoms with E-state index in [-0.39, 0.29) is 5.56 Å². The number of nitrogens with zero attached hydrogens (tertiary/aromatic N) is 3. The van der Waals surface area contributed by atoms with E-state index in [0.29, 0.717) is 4.53 Å². The van der Waals surface area contributed by atoms with Crippen molar-refractivity contribution in [3.05, 3.63) is 75.1 Å². The van der Waals surface area contributed by atoms with Crippen LogP contribution in [0.3, 0.4) is 0 Å². The van der Waals surface area contributed by atoms with Crippen LogP contribution in [0.15, 0.2) is 59.4 Å². The Balaban J connectivity index is 1.69. The third kappa shape index (κ3) is 2.83. The van der Waals surface area contributed by atoms with E-state index in [0.717, 1.165) is 27.2 Å². The number of imidazole rings is 1.